The number of aliphatic hydroxyl groups is 3. The normalized spacial score (nSPS) is 19.5. The van der Waals surface area contributed by atoms with Gasteiger partial charge >= 0.3 is 57.4 Å². The zero-order valence-corrected chi connectivity index (χ0v) is 68.0. The van der Waals surface area contributed by atoms with Crippen LogP contribution in [0.4, 0.5) is 17.1 Å². The molecule has 9 N–H and O–H groups in total. The predicted molar refractivity (Wildman–Crippen MR) is 403 cm³/mol. The number of ether oxygens (including phenoxy) is 2. The van der Waals surface area contributed by atoms with Crippen LogP contribution in [-0.2, 0) is 28.8 Å². The molecular formula is C65H54BCl13KN14O13. The minimum Gasteiger partial charge on any atom is -1.00 e. The molecular weight excluding hydrogens is 1700 g/mol. The van der Waals surface area contributed by atoms with Crippen molar-refractivity contribution in [3.05, 3.63) is 161 Å². The van der Waals surface area contributed by atoms with E-state index in [0.717, 1.165) is 34.5 Å². The second-order valence-corrected chi connectivity index (χ2v) is 28.7. The number of carboxylic acids is 1. The number of nitrogens with zero attached hydrogens (tertiary/aromatic N) is 12. The van der Waals surface area contributed by atoms with Gasteiger partial charge in [0.1, 0.15) is 24.2 Å². The third kappa shape index (κ3) is 25.8. The Morgan fingerprint density at radius 2 is 0.944 bits per heavy atom. The molecule has 5 saturated carbocycles. The van der Waals surface area contributed by atoms with Gasteiger partial charge in [-0.05, 0) is 128 Å². The first-order valence-corrected chi connectivity index (χ1v) is 35.6. The number of phenolic OH excluding ortho intramolecular Hbond substituents is 1. The molecule has 3 radical (unpaired) electrons. The van der Waals surface area contributed by atoms with Crippen molar-refractivity contribution in [3.63, 3.8) is 0 Å². The summed E-state index contributed by atoms with van der Waals surface area (Å²) in [5, 5.41) is 91.6. The summed E-state index contributed by atoms with van der Waals surface area (Å²) >= 11 is 75.6. The number of phenols is 1. The molecule has 27 nitrogen and oxygen atoms in total. The van der Waals surface area contributed by atoms with E-state index in [9.17, 15) is 39.0 Å². The van der Waals surface area contributed by atoms with Crippen LogP contribution in [0.2, 0.25) is 66.2 Å². The van der Waals surface area contributed by atoms with Crippen LogP contribution in [0.25, 0.3) is 0 Å². The van der Waals surface area contributed by atoms with Crippen LogP contribution in [-0.4, -0.2) is 146 Å². The fourth-order valence-corrected chi connectivity index (χ4v) is 13.0. The number of amides is 1. The SMILES string of the molecule is Clc1ccc(Cl)nn1.N#CC1=NN(c2cc(Cl)c(OC3=NCC(=O)C(C4CC(O)C4)=C3)c(Cl)c2)C(=O)CC1=O.Nc1cc(Cl)c(O)c(Cl)c1.Nc1cc(Cl)c(Oc2cc(C3CC(O)C3)c(Cl)nn2)c(Cl)c1.O=C1CC(C(=O)O)C1.O=C1CC(c2cc(Cl)nnc2Cl)C1.OC1CC(c2cc(Cl)nnc2Cl)C1.[B].[H-].[K+]. The number of aromatic hydroxyl groups is 1. The summed E-state index contributed by atoms with van der Waals surface area (Å²) in [6.07, 6.45) is 5.50. The quantitative estimate of drug-likeness (QED) is 0.0305. The van der Waals surface area contributed by atoms with E-state index in [1.165, 1.54) is 42.5 Å². The van der Waals surface area contributed by atoms with Crippen molar-refractivity contribution in [2.75, 3.05) is 23.0 Å². The number of anilines is 3. The molecule has 557 valence electrons. The average molecular weight is 1750 g/mol. The minimum absolute atomic E-state index is 0. The number of benzene rings is 3. The predicted octanol–water partition coefficient (Wildman–Crippen LogP) is 11.4. The molecule has 2 aliphatic heterocycles. The van der Waals surface area contributed by atoms with Gasteiger partial charge in [0.15, 0.2) is 59.1 Å². The third-order valence-corrected chi connectivity index (χ3v) is 19.3. The molecule has 0 bridgehead atoms. The zero-order valence-electron chi connectivity index (χ0n) is 56.0. The number of carbonyl (C=O) groups is 6. The number of ketones is 4. The number of aromatic nitrogens is 8. The molecule has 7 aromatic rings. The van der Waals surface area contributed by atoms with Crippen LogP contribution >= 0.6 is 151 Å². The van der Waals surface area contributed by atoms with E-state index in [0.29, 0.717) is 91.5 Å². The fourth-order valence-electron chi connectivity index (χ4n) is 10.2. The Labute approximate surface area is 719 Å². The summed E-state index contributed by atoms with van der Waals surface area (Å²) in [6, 6.07) is 18.5. The van der Waals surface area contributed by atoms with Gasteiger partial charge in [-0.3, -0.25) is 28.8 Å². The van der Waals surface area contributed by atoms with Crippen molar-refractivity contribution in [1.29, 1.82) is 5.26 Å². The number of aliphatic hydroxyl groups excluding tert-OH is 3. The van der Waals surface area contributed by atoms with Gasteiger partial charge in [-0.2, -0.15) is 15.4 Å². The Bertz CT molecular complexity index is 4540. The molecule has 1 amide bonds. The van der Waals surface area contributed by atoms with Crippen LogP contribution in [0.3, 0.4) is 0 Å². The second-order valence-electron chi connectivity index (χ2n) is 23.7. The van der Waals surface area contributed by atoms with Crippen molar-refractivity contribution in [2.45, 2.75) is 107 Å². The Morgan fingerprint density at radius 3 is 1.37 bits per heavy atom. The largest absolute Gasteiger partial charge is 1.00 e. The number of hydrogen-bond acceptors (Lipinski definition) is 25. The van der Waals surface area contributed by atoms with E-state index < -0.39 is 35.9 Å². The number of nitrogen functional groups attached to an aromatic ring is 2. The maximum atomic E-state index is 12.2. The van der Waals surface area contributed by atoms with E-state index in [1.54, 1.807) is 36.4 Å². The van der Waals surface area contributed by atoms with E-state index in [2.05, 4.69) is 50.9 Å². The first kappa shape index (κ1) is 90.4. The van der Waals surface area contributed by atoms with E-state index >= 15 is 0 Å². The number of hydrazone groups is 1. The molecule has 5 aliphatic carbocycles. The van der Waals surface area contributed by atoms with Crippen LogP contribution in [0, 0.1) is 23.2 Å². The summed E-state index contributed by atoms with van der Waals surface area (Å²) in [7, 11) is 0. The molecule has 5 fully saturated rings. The van der Waals surface area contributed by atoms with Crippen LogP contribution in [0.1, 0.15) is 106 Å². The molecule has 107 heavy (non-hydrogen) atoms. The smallest absolute Gasteiger partial charge is 1.00 e. The van der Waals surface area contributed by atoms with Crippen molar-refractivity contribution < 1.29 is 117 Å². The molecule has 14 rings (SSSR count). The number of aliphatic imine (C=N–C) groups is 1. The van der Waals surface area contributed by atoms with Gasteiger partial charge in [0.2, 0.25) is 23.3 Å². The summed E-state index contributed by atoms with van der Waals surface area (Å²) in [4.78, 5) is 70.9. The number of carboxylic acid groups (broad SMARTS) is 1. The molecule has 3 aromatic carbocycles. The van der Waals surface area contributed by atoms with E-state index in [1.807, 2.05) is 0 Å². The Kier molecular flexibility index (Phi) is 35.2. The molecule has 6 heterocycles. The zero-order chi connectivity index (χ0) is 76.8. The number of nitriles is 1. The number of hydrogen-bond donors (Lipinski definition) is 7. The molecule has 42 heteroatoms. The number of halogens is 13. The number of Topliss-reactive ketones (excluding diaryl/α,β-unsaturated/α-hetero) is 4. The topological polar surface area (TPSA) is 429 Å². The van der Waals surface area contributed by atoms with E-state index in [4.69, 9.17) is 192 Å². The fraction of sp³-hybridized carbons (Fsp3) is 0.308. The van der Waals surface area contributed by atoms with Gasteiger partial charge in [-0.25, -0.2) is 4.99 Å². The maximum Gasteiger partial charge on any atom is 1.00 e. The molecule has 4 aromatic heterocycles. The van der Waals surface area contributed by atoms with Crippen molar-refractivity contribution in [1.82, 2.24) is 40.8 Å². The number of carbonyl (C=O) groups excluding carboxylic acids is 5. The van der Waals surface area contributed by atoms with Gasteiger partial charge in [0, 0.05) is 74.7 Å². The Balaban J connectivity index is 0.000000238. The first-order chi connectivity index (χ1) is 49.6. The average Bonchev–Trinajstić information content (AvgIpc) is 0.798. The number of nitrogens with two attached hydrogens (primary N) is 2. The van der Waals surface area contributed by atoms with Crippen molar-refractivity contribution in [3.8, 4) is 29.2 Å². The molecule has 0 saturated heterocycles. The van der Waals surface area contributed by atoms with Gasteiger partial charge in [0.05, 0.1) is 66.5 Å². The van der Waals surface area contributed by atoms with Crippen molar-refractivity contribution in [2.24, 2.45) is 21.9 Å². The van der Waals surface area contributed by atoms with Gasteiger partial charge in [0.25, 0.3) is 5.91 Å². The van der Waals surface area contributed by atoms with Crippen molar-refractivity contribution >= 4 is 223 Å². The number of dihydropyridines is 1. The molecule has 0 spiro atoms. The summed E-state index contributed by atoms with van der Waals surface area (Å²) in [5.41, 5.74) is 14.7. The molecule has 0 atom stereocenters. The summed E-state index contributed by atoms with van der Waals surface area (Å²) < 4.78 is 11.3. The monoisotopic (exact) mass is 1740 g/mol. The summed E-state index contributed by atoms with van der Waals surface area (Å²) in [6.45, 7) is -0.0803. The third-order valence-electron chi connectivity index (χ3n) is 16.0. The van der Waals surface area contributed by atoms with Gasteiger partial charge in [-0.1, -0.05) is 151 Å². The van der Waals surface area contributed by atoms with Gasteiger partial charge in [-0.15, -0.1) is 40.8 Å². The first-order valence-electron chi connectivity index (χ1n) is 30.7. The van der Waals surface area contributed by atoms with Crippen LogP contribution in [0.5, 0.6) is 23.1 Å². The number of aliphatic carboxylic acids is 1. The Morgan fingerprint density at radius 1 is 0.533 bits per heavy atom. The maximum absolute atomic E-state index is 12.2. The minimum atomic E-state index is -0.843. The molecule has 0 unspecified atom stereocenters. The van der Waals surface area contributed by atoms with E-state index in [-0.39, 0.29) is 205 Å². The summed E-state index contributed by atoms with van der Waals surface area (Å²) in [5.74, 6) is -1.14. The standard InChI is InChI=1S/C20H14Cl2N4O5.C14H12Cl3N3O2.C8H8Cl2N2O.C8H6Cl2N2O.C6H5Cl2NO.C5H6O3.C4H2Cl2N2.B.K.H/c21-13-3-10(26-19(30)6-16(28)15(7-23)25-26)4-14(22)20(13)31-18-5-12(17(29)8-24-18)9-1-11(27)2-9;15-10-3-7(18)4-11(16)13(10)22-12-5-9(14(17)20-19-12)6-1-8(21)2-6;2*9-7-3-6(8(10)12-11-7)4-1-5(13)2-4;7-4-1-3(9)2-5(8)6(4)10;6-4-1-3(2-4)5(7)8;5-3-1-2-4(6)8-7-3;;;/h3-5,9,11,27H,1-2,6,8H2;3-6,8,21H,1-2,18H2;3-5,13H,1-2H2;3-4H,1-2H2;1-2,10H,9H2;3H,1-2H2,(H,7,8);1-2H;;;/q;;;;;;;;+1;-1. The van der Waals surface area contributed by atoms with Crippen LogP contribution in [0.15, 0.2) is 88.5 Å². The Hall–Kier alpha value is -5.48. The molecule has 7 aliphatic rings. The second kappa shape index (κ2) is 41.7. The van der Waals surface area contributed by atoms with Gasteiger partial charge < -0.3 is 47.9 Å². The number of rotatable bonds is 9. The van der Waals surface area contributed by atoms with Crippen LogP contribution < -0.4 is 77.3 Å².